The van der Waals surface area contributed by atoms with Crippen molar-refractivity contribution in [3.05, 3.63) is 36.5 Å². The lowest BCUT2D eigenvalue weighted by atomic mass is 10.0. The van der Waals surface area contributed by atoms with Crippen LogP contribution in [0.3, 0.4) is 0 Å². The summed E-state index contributed by atoms with van der Waals surface area (Å²) in [6, 6.07) is -0.630. The molecule has 6 heteroatoms. The van der Waals surface area contributed by atoms with Gasteiger partial charge < -0.3 is 20.3 Å². The van der Waals surface area contributed by atoms with Gasteiger partial charge in [-0.05, 0) is 64.2 Å². The number of hydrogen-bond donors (Lipinski definition) is 3. The molecule has 1 amide bonds. The third-order valence-electron chi connectivity index (χ3n) is 15.4. The molecular weight excluding hydrogens is 911 g/mol. The Bertz CT molecular complexity index is 1200. The Morgan fingerprint density at radius 3 is 1.03 bits per heavy atom. The number of ether oxygens (including phenoxy) is 1. The van der Waals surface area contributed by atoms with E-state index in [1.54, 1.807) is 6.08 Å². The molecule has 0 radical (unpaired) electrons. The molecular formula is C68H129NO5. The Hall–Kier alpha value is -1.92. The molecule has 0 aliphatic rings. The first-order valence-corrected chi connectivity index (χ1v) is 33.3. The van der Waals surface area contributed by atoms with E-state index in [0.29, 0.717) is 19.4 Å². The smallest absolute Gasteiger partial charge is 0.305 e. The van der Waals surface area contributed by atoms with E-state index in [1.165, 1.54) is 289 Å². The molecule has 74 heavy (non-hydrogen) atoms. The third kappa shape index (κ3) is 59.3. The first kappa shape index (κ1) is 72.1. The van der Waals surface area contributed by atoms with Crippen molar-refractivity contribution in [1.82, 2.24) is 5.32 Å². The molecule has 0 saturated heterocycles. The van der Waals surface area contributed by atoms with Crippen LogP contribution in [0.1, 0.15) is 361 Å². The van der Waals surface area contributed by atoms with Gasteiger partial charge in [0.25, 0.3) is 0 Å². The summed E-state index contributed by atoms with van der Waals surface area (Å²) in [5.74, 6) is -0.0561. The summed E-state index contributed by atoms with van der Waals surface area (Å²) < 4.78 is 5.49. The molecule has 0 aliphatic carbocycles. The molecule has 6 nitrogen and oxygen atoms in total. The van der Waals surface area contributed by atoms with Crippen LogP contribution in [0.2, 0.25) is 0 Å². The monoisotopic (exact) mass is 1040 g/mol. The van der Waals surface area contributed by atoms with Crippen LogP contribution in [-0.4, -0.2) is 47.4 Å². The van der Waals surface area contributed by atoms with Gasteiger partial charge in [0.15, 0.2) is 0 Å². The first-order valence-electron chi connectivity index (χ1n) is 33.3. The second kappa shape index (κ2) is 63.6. The van der Waals surface area contributed by atoms with E-state index in [9.17, 15) is 19.8 Å². The zero-order chi connectivity index (χ0) is 53.6. The van der Waals surface area contributed by atoms with E-state index in [1.807, 2.05) is 6.08 Å². The molecule has 0 fully saturated rings. The van der Waals surface area contributed by atoms with Crippen molar-refractivity contribution in [3.63, 3.8) is 0 Å². The van der Waals surface area contributed by atoms with E-state index < -0.39 is 12.1 Å². The maximum Gasteiger partial charge on any atom is 0.305 e. The van der Waals surface area contributed by atoms with Crippen molar-refractivity contribution in [2.45, 2.75) is 373 Å². The van der Waals surface area contributed by atoms with Crippen LogP contribution < -0.4 is 5.32 Å². The molecule has 0 spiro atoms. The van der Waals surface area contributed by atoms with Crippen LogP contribution in [0.15, 0.2) is 36.5 Å². The van der Waals surface area contributed by atoms with Crippen molar-refractivity contribution >= 4 is 11.9 Å². The van der Waals surface area contributed by atoms with Crippen molar-refractivity contribution in [1.29, 1.82) is 0 Å². The summed E-state index contributed by atoms with van der Waals surface area (Å²) in [5.41, 5.74) is 0. The highest BCUT2D eigenvalue weighted by atomic mass is 16.5. The summed E-state index contributed by atoms with van der Waals surface area (Å²) in [6.07, 6.45) is 80.6. The number of carbonyl (C=O) groups excluding carboxylic acids is 2. The molecule has 0 aliphatic heterocycles. The Balaban J connectivity index is 3.42. The Kier molecular flexibility index (Phi) is 62.0. The van der Waals surface area contributed by atoms with Gasteiger partial charge in [0.05, 0.1) is 25.4 Å². The molecule has 2 unspecified atom stereocenters. The average Bonchev–Trinajstić information content (AvgIpc) is 3.40. The summed E-state index contributed by atoms with van der Waals surface area (Å²) >= 11 is 0. The van der Waals surface area contributed by atoms with E-state index in [0.717, 1.165) is 44.9 Å². The highest BCUT2D eigenvalue weighted by Gasteiger charge is 2.18. The van der Waals surface area contributed by atoms with Crippen molar-refractivity contribution in [3.8, 4) is 0 Å². The summed E-state index contributed by atoms with van der Waals surface area (Å²) in [4.78, 5) is 24.5. The highest BCUT2D eigenvalue weighted by molar-refractivity contribution is 5.76. The van der Waals surface area contributed by atoms with Crippen LogP contribution in [0.4, 0.5) is 0 Å². The molecule has 0 heterocycles. The zero-order valence-corrected chi connectivity index (χ0v) is 49.8. The fraction of sp³-hybridized carbons (Fsp3) is 0.882. The van der Waals surface area contributed by atoms with Gasteiger partial charge in [0.2, 0.25) is 5.91 Å². The van der Waals surface area contributed by atoms with Gasteiger partial charge >= 0.3 is 5.97 Å². The van der Waals surface area contributed by atoms with E-state index in [-0.39, 0.29) is 18.5 Å². The zero-order valence-electron chi connectivity index (χ0n) is 49.8. The lowest BCUT2D eigenvalue weighted by Gasteiger charge is -2.20. The largest absolute Gasteiger partial charge is 0.466 e. The number of amides is 1. The number of allylic oxidation sites excluding steroid dienone is 5. The van der Waals surface area contributed by atoms with Crippen molar-refractivity contribution in [2.24, 2.45) is 0 Å². The van der Waals surface area contributed by atoms with E-state index in [4.69, 9.17) is 4.74 Å². The predicted molar refractivity (Wildman–Crippen MR) is 324 cm³/mol. The minimum atomic E-state index is -0.846. The fourth-order valence-electron chi connectivity index (χ4n) is 10.3. The maximum atomic E-state index is 12.5. The average molecular weight is 1040 g/mol. The number of aliphatic hydroxyl groups excluding tert-OH is 2. The van der Waals surface area contributed by atoms with Gasteiger partial charge in [-0.25, -0.2) is 0 Å². The van der Waals surface area contributed by atoms with Crippen LogP contribution in [0, 0.1) is 0 Å². The van der Waals surface area contributed by atoms with Gasteiger partial charge in [-0.1, -0.05) is 320 Å². The topological polar surface area (TPSA) is 95.9 Å². The van der Waals surface area contributed by atoms with Crippen LogP contribution in [0.25, 0.3) is 0 Å². The van der Waals surface area contributed by atoms with Gasteiger partial charge in [-0.2, -0.15) is 0 Å². The standard InChI is InChI=1S/C68H129NO5/c1-3-5-7-9-11-13-15-17-19-34-38-42-46-50-54-58-62-68(73)74-63-59-55-51-47-43-39-35-32-30-28-26-24-22-20-21-23-25-27-29-31-33-37-41-45-49-53-57-61-67(72)69-65(64-70)66(71)60-56-52-48-44-40-36-18-16-14-12-10-8-6-4-2/h20-21,24,26,56,60,65-66,70-71H,3-19,22-23,25,27-55,57-59,61-64H2,1-2H3,(H,69,72)/b21-20-,26-24-,60-56+. The molecule has 3 N–H and O–H groups in total. The van der Waals surface area contributed by atoms with E-state index >= 15 is 0 Å². The Labute approximate surface area is 462 Å². The molecule has 0 saturated carbocycles. The number of nitrogens with one attached hydrogen (secondary N) is 1. The summed E-state index contributed by atoms with van der Waals surface area (Å²) in [6.45, 7) is 4.92. The summed E-state index contributed by atoms with van der Waals surface area (Å²) in [7, 11) is 0. The number of carbonyl (C=O) groups is 2. The van der Waals surface area contributed by atoms with Crippen LogP contribution in [-0.2, 0) is 14.3 Å². The van der Waals surface area contributed by atoms with Gasteiger partial charge in [-0.3, -0.25) is 9.59 Å². The highest BCUT2D eigenvalue weighted by Crippen LogP contribution is 2.18. The Morgan fingerprint density at radius 2 is 0.676 bits per heavy atom. The predicted octanol–water partition coefficient (Wildman–Crippen LogP) is 21.1. The lowest BCUT2D eigenvalue weighted by Crippen LogP contribution is -2.45. The summed E-state index contributed by atoms with van der Waals surface area (Å²) in [5, 5.41) is 23.1. The first-order chi connectivity index (χ1) is 36.5. The third-order valence-corrected chi connectivity index (χ3v) is 15.4. The lowest BCUT2D eigenvalue weighted by molar-refractivity contribution is -0.143. The maximum absolute atomic E-state index is 12.5. The minimum Gasteiger partial charge on any atom is -0.466 e. The van der Waals surface area contributed by atoms with Gasteiger partial charge in [-0.15, -0.1) is 0 Å². The quantitative estimate of drug-likeness (QED) is 0.0320. The van der Waals surface area contributed by atoms with E-state index in [2.05, 4.69) is 43.5 Å². The van der Waals surface area contributed by atoms with Gasteiger partial charge in [0, 0.05) is 12.8 Å². The minimum absolute atomic E-state index is 0.0139. The number of hydrogen-bond acceptors (Lipinski definition) is 5. The van der Waals surface area contributed by atoms with Crippen LogP contribution >= 0.6 is 0 Å². The van der Waals surface area contributed by atoms with Gasteiger partial charge in [0.1, 0.15) is 0 Å². The molecule has 436 valence electrons. The SMILES string of the molecule is CCCCCCCCCCCCCC/C=C/C(O)C(CO)NC(=O)CCCCCCCCCCCCC/C=C\C/C=C\CCCCCCCCCCCOC(=O)CCCCCCCCCCCCCCCCCC. The Morgan fingerprint density at radius 1 is 0.378 bits per heavy atom. The molecule has 2 atom stereocenters. The second-order valence-corrected chi connectivity index (χ2v) is 22.8. The normalized spacial score (nSPS) is 12.8. The number of aliphatic hydroxyl groups is 2. The molecule has 0 aromatic heterocycles. The van der Waals surface area contributed by atoms with Crippen LogP contribution in [0.5, 0.6) is 0 Å². The number of rotatable bonds is 62. The second-order valence-electron chi connectivity index (χ2n) is 22.8. The number of unbranched alkanes of at least 4 members (excludes halogenated alkanes) is 47. The van der Waals surface area contributed by atoms with Crippen molar-refractivity contribution < 1.29 is 24.5 Å². The molecule has 0 rings (SSSR count). The molecule has 0 aromatic carbocycles. The van der Waals surface area contributed by atoms with Crippen molar-refractivity contribution in [2.75, 3.05) is 13.2 Å². The molecule has 0 aromatic rings. The molecule has 0 bridgehead atoms. The number of esters is 1. The fourth-order valence-corrected chi connectivity index (χ4v) is 10.3.